The highest BCUT2D eigenvalue weighted by molar-refractivity contribution is 5.70. The number of esters is 2. The van der Waals surface area contributed by atoms with E-state index in [0.29, 0.717) is 18.7 Å². The molecule has 0 aromatic carbocycles. The van der Waals surface area contributed by atoms with Crippen LogP contribution in [0.2, 0.25) is 0 Å². The number of anilines is 2. The van der Waals surface area contributed by atoms with Gasteiger partial charge in [0.25, 0.3) is 0 Å². The van der Waals surface area contributed by atoms with Crippen LogP contribution in [0.15, 0.2) is 30.6 Å². The second kappa shape index (κ2) is 12.3. The Hall–Kier alpha value is -3.23. The van der Waals surface area contributed by atoms with Crippen molar-refractivity contribution in [1.29, 1.82) is 0 Å². The van der Waals surface area contributed by atoms with Crippen LogP contribution >= 0.6 is 0 Å². The number of carbonyl (C=O) groups excluding carboxylic acids is 2. The Morgan fingerprint density at radius 2 is 1.47 bits per heavy atom. The molecule has 0 aliphatic carbocycles. The Morgan fingerprint density at radius 3 is 2.12 bits per heavy atom. The lowest BCUT2D eigenvalue weighted by atomic mass is 10.2. The van der Waals surface area contributed by atoms with E-state index >= 15 is 0 Å². The predicted octanol–water partition coefficient (Wildman–Crippen LogP) is 4.01. The van der Waals surface area contributed by atoms with E-state index < -0.39 is 6.10 Å². The molecule has 9 heteroatoms. The van der Waals surface area contributed by atoms with Gasteiger partial charge in [-0.2, -0.15) is 0 Å². The summed E-state index contributed by atoms with van der Waals surface area (Å²) in [5.74, 6) is 0.906. The number of hydrogen-bond acceptors (Lipinski definition) is 9. The quantitative estimate of drug-likeness (QED) is 0.478. The Labute approximate surface area is 201 Å². The molecule has 3 heterocycles. The van der Waals surface area contributed by atoms with Crippen molar-refractivity contribution >= 4 is 23.4 Å². The first-order chi connectivity index (χ1) is 16.4. The summed E-state index contributed by atoms with van der Waals surface area (Å²) in [5, 5.41) is 0. The Balaban J connectivity index is 1.59. The highest BCUT2D eigenvalue weighted by atomic mass is 16.5. The summed E-state index contributed by atoms with van der Waals surface area (Å²) >= 11 is 0. The number of piperazine rings is 1. The molecule has 2 aromatic rings. The van der Waals surface area contributed by atoms with Gasteiger partial charge < -0.3 is 19.3 Å². The Bertz CT molecular complexity index is 884. The van der Waals surface area contributed by atoms with E-state index in [0.717, 1.165) is 56.2 Å². The van der Waals surface area contributed by atoms with Crippen molar-refractivity contribution < 1.29 is 19.1 Å². The first-order valence-corrected chi connectivity index (χ1v) is 12.1. The van der Waals surface area contributed by atoms with Crippen molar-refractivity contribution in [3.8, 4) is 0 Å². The van der Waals surface area contributed by atoms with E-state index in [4.69, 9.17) is 9.47 Å². The van der Waals surface area contributed by atoms with Crippen molar-refractivity contribution in [3.05, 3.63) is 42.1 Å². The van der Waals surface area contributed by atoms with E-state index in [1.165, 1.54) is 0 Å². The fourth-order valence-electron chi connectivity index (χ4n) is 3.82. The van der Waals surface area contributed by atoms with Crippen LogP contribution in [0.25, 0.3) is 0 Å². The largest absolute Gasteiger partial charge is 0.456 e. The van der Waals surface area contributed by atoms with Crippen LogP contribution < -0.4 is 9.80 Å². The maximum atomic E-state index is 11.8. The van der Waals surface area contributed by atoms with E-state index in [2.05, 4.69) is 24.8 Å². The molecule has 0 saturated carbocycles. The maximum Gasteiger partial charge on any atom is 0.306 e. The van der Waals surface area contributed by atoms with Crippen molar-refractivity contribution in [2.24, 2.45) is 0 Å². The average Bonchev–Trinajstić information content (AvgIpc) is 2.84. The molecule has 0 spiro atoms. The maximum absolute atomic E-state index is 11.8. The van der Waals surface area contributed by atoms with Gasteiger partial charge in [0, 0.05) is 57.1 Å². The number of pyridine rings is 1. The summed E-state index contributed by atoms with van der Waals surface area (Å²) in [6.45, 7) is 10.8. The number of carbonyl (C=O) groups is 2. The molecule has 1 aliphatic heterocycles. The molecule has 1 saturated heterocycles. The molecule has 2 atom stereocenters. The Kier molecular flexibility index (Phi) is 9.18. The first kappa shape index (κ1) is 25.4. The lowest BCUT2D eigenvalue weighted by molar-refractivity contribution is -0.149. The molecule has 9 nitrogen and oxygen atoms in total. The third-order valence-corrected chi connectivity index (χ3v) is 5.70. The van der Waals surface area contributed by atoms with E-state index in [9.17, 15) is 9.59 Å². The fraction of sp³-hybridized carbons (Fsp3) is 0.560. The van der Waals surface area contributed by atoms with Crippen molar-refractivity contribution in [2.75, 3.05) is 36.0 Å². The molecule has 2 aromatic heterocycles. The number of rotatable bonds is 10. The Morgan fingerprint density at radius 1 is 0.882 bits per heavy atom. The monoisotopic (exact) mass is 469 g/mol. The van der Waals surface area contributed by atoms with Gasteiger partial charge in [-0.3, -0.25) is 14.6 Å². The minimum absolute atomic E-state index is 0.200. The smallest absolute Gasteiger partial charge is 0.306 e. The highest BCUT2D eigenvalue weighted by Crippen LogP contribution is 2.24. The van der Waals surface area contributed by atoms with Crippen LogP contribution in [0.1, 0.15) is 77.1 Å². The van der Waals surface area contributed by atoms with E-state index in [1.54, 1.807) is 19.3 Å². The second-order valence-electron chi connectivity index (χ2n) is 8.45. The number of nitrogens with zero attached hydrogens (tertiary/aromatic N) is 5. The van der Waals surface area contributed by atoms with Crippen LogP contribution in [-0.2, 0) is 19.1 Å². The van der Waals surface area contributed by atoms with Crippen LogP contribution in [0.4, 0.5) is 11.5 Å². The minimum Gasteiger partial charge on any atom is -0.456 e. The molecular formula is C25H35N5O4. The number of hydrogen-bond donors (Lipinski definition) is 0. The first-order valence-electron chi connectivity index (χ1n) is 12.1. The molecule has 1 aliphatic rings. The standard InChI is InChI=1S/C25H35N5O4/c1-5-7-23(31)33-18(3)21-17-20(9-11-26-21)29-13-15-30(16-14-29)22-10-12-27-25(28-22)19(4)34-24(32)8-6-2/h9-12,17-19H,5-8,13-16H2,1-4H3/t18-,19-/m1/s1. The van der Waals surface area contributed by atoms with Crippen molar-refractivity contribution in [1.82, 2.24) is 15.0 Å². The molecular weight excluding hydrogens is 434 g/mol. The van der Waals surface area contributed by atoms with Crippen LogP contribution in [0.3, 0.4) is 0 Å². The van der Waals surface area contributed by atoms with Crippen molar-refractivity contribution in [2.45, 2.75) is 65.6 Å². The lowest BCUT2D eigenvalue weighted by Gasteiger charge is -2.37. The van der Waals surface area contributed by atoms with Crippen molar-refractivity contribution in [3.63, 3.8) is 0 Å². The minimum atomic E-state index is -0.482. The van der Waals surface area contributed by atoms with E-state index in [1.807, 2.05) is 39.0 Å². The summed E-state index contributed by atoms with van der Waals surface area (Å²) in [4.78, 5) is 41.5. The van der Waals surface area contributed by atoms with E-state index in [-0.39, 0.29) is 18.0 Å². The molecule has 0 unspecified atom stereocenters. The molecule has 34 heavy (non-hydrogen) atoms. The van der Waals surface area contributed by atoms with Crippen LogP contribution in [0.5, 0.6) is 0 Å². The third kappa shape index (κ3) is 6.88. The molecule has 1 fully saturated rings. The topological polar surface area (TPSA) is 97.8 Å². The van der Waals surface area contributed by atoms with Crippen LogP contribution in [0, 0.1) is 0 Å². The van der Waals surface area contributed by atoms with Gasteiger partial charge >= 0.3 is 11.9 Å². The summed E-state index contributed by atoms with van der Waals surface area (Å²) in [6.07, 6.45) is 4.93. The van der Waals surface area contributed by atoms with Gasteiger partial charge in [-0.05, 0) is 44.9 Å². The molecule has 0 N–H and O–H groups in total. The zero-order valence-corrected chi connectivity index (χ0v) is 20.6. The molecule has 0 amide bonds. The predicted molar refractivity (Wildman–Crippen MR) is 130 cm³/mol. The van der Waals surface area contributed by atoms with Gasteiger partial charge in [-0.1, -0.05) is 13.8 Å². The third-order valence-electron chi connectivity index (χ3n) is 5.70. The van der Waals surface area contributed by atoms with Gasteiger partial charge in [0.05, 0.1) is 5.69 Å². The molecule has 3 rings (SSSR count). The SMILES string of the molecule is CCCC(=O)O[C@H](C)c1cc(N2CCN(c3ccnc([C@@H](C)OC(=O)CCC)n3)CC2)ccn1. The van der Waals surface area contributed by atoms with Crippen LogP contribution in [-0.4, -0.2) is 53.1 Å². The second-order valence-corrected chi connectivity index (χ2v) is 8.45. The highest BCUT2D eigenvalue weighted by Gasteiger charge is 2.22. The summed E-state index contributed by atoms with van der Waals surface area (Å²) < 4.78 is 10.9. The van der Waals surface area contributed by atoms with Gasteiger partial charge in [0.15, 0.2) is 11.9 Å². The van der Waals surface area contributed by atoms with Gasteiger partial charge in [-0.15, -0.1) is 0 Å². The van der Waals surface area contributed by atoms with Gasteiger partial charge in [0.2, 0.25) is 0 Å². The molecule has 0 radical (unpaired) electrons. The summed E-state index contributed by atoms with van der Waals surface area (Å²) in [6, 6.07) is 5.86. The van der Waals surface area contributed by atoms with Gasteiger partial charge in [0.1, 0.15) is 11.9 Å². The average molecular weight is 470 g/mol. The number of ether oxygens (including phenoxy) is 2. The normalized spacial score (nSPS) is 15.5. The molecule has 0 bridgehead atoms. The summed E-state index contributed by atoms with van der Waals surface area (Å²) in [5.41, 5.74) is 1.80. The zero-order chi connectivity index (χ0) is 24.5. The summed E-state index contributed by atoms with van der Waals surface area (Å²) in [7, 11) is 0. The zero-order valence-electron chi connectivity index (χ0n) is 20.6. The van der Waals surface area contributed by atoms with Gasteiger partial charge in [-0.25, -0.2) is 9.97 Å². The lowest BCUT2D eigenvalue weighted by Crippen LogP contribution is -2.47. The molecule has 184 valence electrons. The fourth-order valence-corrected chi connectivity index (χ4v) is 3.82. The number of aromatic nitrogens is 3.